The highest BCUT2D eigenvalue weighted by molar-refractivity contribution is 5.98. The normalized spacial score (nSPS) is 31.5. The smallest absolute Gasteiger partial charge is 0.166 e. The molecule has 1 aromatic rings. The van der Waals surface area contributed by atoms with Gasteiger partial charge in [-0.05, 0) is 49.3 Å². The van der Waals surface area contributed by atoms with Crippen LogP contribution in [0.15, 0.2) is 18.2 Å². The van der Waals surface area contributed by atoms with Crippen molar-refractivity contribution < 1.29 is 14.3 Å². The number of hydrogen-bond acceptors (Lipinski definition) is 3. The zero-order valence-corrected chi connectivity index (χ0v) is 10.9. The molecule has 3 unspecified atom stereocenters. The van der Waals surface area contributed by atoms with Crippen LogP contribution in [-0.2, 0) is 0 Å². The number of rotatable bonds is 2. The second-order valence-electron chi connectivity index (χ2n) is 6.00. The fourth-order valence-corrected chi connectivity index (χ4v) is 3.98. The van der Waals surface area contributed by atoms with Crippen LogP contribution >= 0.6 is 0 Å². The molecule has 1 aromatic carbocycles. The van der Waals surface area contributed by atoms with E-state index in [2.05, 4.69) is 0 Å². The van der Waals surface area contributed by atoms with Gasteiger partial charge < -0.3 is 9.47 Å². The summed E-state index contributed by atoms with van der Waals surface area (Å²) in [6.07, 6.45) is 4.93. The van der Waals surface area contributed by atoms with Crippen molar-refractivity contribution in [3.63, 3.8) is 0 Å². The number of ether oxygens (including phenoxy) is 2. The summed E-state index contributed by atoms with van der Waals surface area (Å²) in [7, 11) is 0. The minimum atomic E-state index is 0.251. The van der Waals surface area contributed by atoms with E-state index in [1.54, 1.807) is 0 Å². The van der Waals surface area contributed by atoms with Crippen LogP contribution in [0, 0.1) is 17.8 Å². The summed E-state index contributed by atoms with van der Waals surface area (Å²) in [5, 5.41) is 0. The van der Waals surface area contributed by atoms with Gasteiger partial charge in [0.2, 0.25) is 0 Å². The third kappa shape index (κ3) is 1.83. The maximum absolute atomic E-state index is 12.6. The molecule has 0 spiro atoms. The predicted molar refractivity (Wildman–Crippen MR) is 70.7 cm³/mol. The van der Waals surface area contributed by atoms with Crippen molar-refractivity contribution in [1.29, 1.82) is 0 Å². The second-order valence-corrected chi connectivity index (χ2v) is 6.00. The molecule has 19 heavy (non-hydrogen) atoms. The minimum absolute atomic E-state index is 0.251. The first kappa shape index (κ1) is 11.3. The number of Topliss-reactive ketones (excluding diaryl/α,β-unsaturated/α-hetero) is 1. The number of fused-ring (bicyclic) bond motifs is 3. The summed E-state index contributed by atoms with van der Waals surface area (Å²) in [6, 6.07) is 5.62. The first-order valence-corrected chi connectivity index (χ1v) is 7.25. The molecule has 2 saturated carbocycles. The van der Waals surface area contributed by atoms with Crippen molar-refractivity contribution in [3.8, 4) is 11.5 Å². The van der Waals surface area contributed by atoms with Gasteiger partial charge >= 0.3 is 0 Å². The lowest BCUT2D eigenvalue weighted by atomic mass is 9.83. The van der Waals surface area contributed by atoms with E-state index in [0.29, 0.717) is 24.9 Å². The summed E-state index contributed by atoms with van der Waals surface area (Å²) < 4.78 is 11.1. The fourth-order valence-electron chi connectivity index (χ4n) is 3.98. The lowest BCUT2D eigenvalue weighted by Crippen LogP contribution is -2.21. The van der Waals surface area contributed by atoms with Crippen molar-refractivity contribution in [1.82, 2.24) is 0 Å². The lowest BCUT2D eigenvalue weighted by Gasteiger charge is -2.22. The van der Waals surface area contributed by atoms with Gasteiger partial charge in [0.15, 0.2) is 17.3 Å². The van der Waals surface area contributed by atoms with E-state index in [9.17, 15) is 4.79 Å². The molecule has 2 fully saturated rings. The highest BCUT2D eigenvalue weighted by atomic mass is 16.6. The van der Waals surface area contributed by atoms with E-state index in [1.165, 1.54) is 19.3 Å². The Morgan fingerprint density at radius 2 is 1.89 bits per heavy atom. The van der Waals surface area contributed by atoms with Crippen LogP contribution in [0.2, 0.25) is 0 Å². The third-order valence-corrected chi connectivity index (χ3v) is 4.90. The van der Waals surface area contributed by atoms with Gasteiger partial charge in [0.25, 0.3) is 0 Å². The first-order chi connectivity index (χ1) is 9.31. The maximum Gasteiger partial charge on any atom is 0.166 e. The van der Waals surface area contributed by atoms with Crippen molar-refractivity contribution in [2.75, 3.05) is 13.2 Å². The van der Waals surface area contributed by atoms with E-state index in [4.69, 9.17) is 9.47 Å². The number of carbonyl (C=O) groups excluding carboxylic acids is 1. The first-order valence-electron chi connectivity index (χ1n) is 7.25. The largest absolute Gasteiger partial charge is 0.486 e. The van der Waals surface area contributed by atoms with Gasteiger partial charge in [-0.25, -0.2) is 0 Å². The molecule has 0 N–H and O–H groups in total. The van der Waals surface area contributed by atoms with Crippen LogP contribution in [0.4, 0.5) is 0 Å². The van der Waals surface area contributed by atoms with Crippen molar-refractivity contribution in [2.24, 2.45) is 17.8 Å². The topological polar surface area (TPSA) is 35.5 Å². The highest BCUT2D eigenvalue weighted by Crippen LogP contribution is 2.49. The quantitative estimate of drug-likeness (QED) is 0.765. The average Bonchev–Trinajstić information content (AvgIpc) is 3.08. The Bertz CT molecular complexity index is 523. The van der Waals surface area contributed by atoms with Crippen LogP contribution < -0.4 is 9.47 Å². The fraction of sp³-hybridized carbons (Fsp3) is 0.562. The molecular weight excluding hydrogens is 240 g/mol. The molecule has 0 aromatic heterocycles. The molecule has 2 bridgehead atoms. The average molecular weight is 258 g/mol. The van der Waals surface area contributed by atoms with Gasteiger partial charge in [0.1, 0.15) is 13.2 Å². The molecule has 1 heterocycles. The van der Waals surface area contributed by atoms with E-state index in [0.717, 1.165) is 29.4 Å². The van der Waals surface area contributed by atoms with Crippen molar-refractivity contribution in [2.45, 2.75) is 25.7 Å². The monoisotopic (exact) mass is 258 g/mol. The lowest BCUT2D eigenvalue weighted by molar-refractivity contribution is 0.0873. The summed E-state index contributed by atoms with van der Waals surface area (Å²) in [4.78, 5) is 12.6. The molecule has 0 saturated heterocycles. The Hall–Kier alpha value is -1.51. The molecule has 3 heteroatoms. The van der Waals surface area contributed by atoms with Gasteiger partial charge in [0.05, 0.1) is 0 Å². The minimum Gasteiger partial charge on any atom is -0.486 e. The number of carbonyl (C=O) groups is 1. The van der Waals surface area contributed by atoms with Gasteiger partial charge in [-0.2, -0.15) is 0 Å². The number of benzene rings is 1. The molecule has 3 nitrogen and oxygen atoms in total. The Morgan fingerprint density at radius 3 is 2.63 bits per heavy atom. The summed E-state index contributed by atoms with van der Waals surface area (Å²) in [6.45, 7) is 1.16. The van der Waals surface area contributed by atoms with Gasteiger partial charge in [0, 0.05) is 11.5 Å². The molecule has 3 atom stereocenters. The molecule has 1 aliphatic heterocycles. The molecule has 100 valence electrons. The Labute approximate surface area is 112 Å². The van der Waals surface area contributed by atoms with Crippen LogP contribution in [0.5, 0.6) is 11.5 Å². The molecular formula is C16H18O3. The molecule has 4 rings (SSSR count). The SMILES string of the molecule is O=C(c1ccc2c(c1)OCCO2)C1CC2CCC1C2. The van der Waals surface area contributed by atoms with Crippen molar-refractivity contribution >= 4 is 5.78 Å². The van der Waals surface area contributed by atoms with Crippen LogP contribution in [0.3, 0.4) is 0 Å². The third-order valence-electron chi connectivity index (χ3n) is 4.90. The zero-order valence-electron chi connectivity index (χ0n) is 10.9. The second kappa shape index (κ2) is 4.26. The predicted octanol–water partition coefficient (Wildman–Crippen LogP) is 3.08. The summed E-state index contributed by atoms with van der Waals surface area (Å²) in [5.41, 5.74) is 0.793. The molecule has 2 aliphatic carbocycles. The van der Waals surface area contributed by atoms with E-state index in [1.807, 2.05) is 18.2 Å². The van der Waals surface area contributed by atoms with Crippen LogP contribution in [0.1, 0.15) is 36.0 Å². The molecule has 0 amide bonds. The summed E-state index contributed by atoms with van der Waals surface area (Å²) in [5.74, 6) is 3.48. The Morgan fingerprint density at radius 1 is 1.05 bits per heavy atom. The summed E-state index contributed by atoms with van der Waals surface area (Å²) >= 11 is 0. The van der Waals surface area contributed by atoms with E-state index < -0.39 is 0 Å². The van der Waals surface area contributed by atoms with Gasteiger partial charge in [-0.3, -0.25) is 4.79 Å². The van der Waals surface area contributed by atoms with E-state index in [-0.39, 0.29) is 5.92 Å². The standard InChI is InChI=1S/C16H18O3/c17-16(13-8-10-1-2-11(13)7-10)12-3-4-14-15(9-12)19-6-5-18-14/h3-4,9-11,13H,1-2,5-8H2. The highest BCUT2D eigenvalue weighted by Gasteiger charge is 2.43. The molecule has 3 aliphatic rings. The van der Waals surface area contributed by atoms with E-state index >= 15 is 0 Å². The number of ketones is 1. The Kier molecular flexibility index (Phi) is 2.54. The van der Waals surface area contributed by atoms with Crippen LogP contribution in [-0.4, -0.2) is 19.0 Å². The maximum atomic E-state index is 12.6. The number of hydrogen-bond donors (Lipinski definition) is 0. The van der Waals surface area contributed by atoms with Crippen LogP contribution in [0.25, 0.3) is 0 Å². The zero-order chi connectivity index (χ0) is 12.8. The molecule has 0 radical (unpaired) electrons. The van der Waals surface area contributed by atoms with Gasteiger partial charge in [-0.15, -0.1) is 0 Å². The van der Waals surface area contributed by atoms with Gasteiger partial charge in [-0.1, -0.05) is 6.42 Å². The van der Waals surface area contributed by atoms with Crippen molar-refractivity contribution in [3.05, 3.63) is 23.8 Å². The Balaban J connectivity index is 1.60.